The van der Waals surface area contributed by atoms with Crippen LogP contribution < -0.4 is 5.73 Å². The summed E-state index contributed by atoms with van der Waals surface area (Å²) in [6, 6.07) is 8.94. The zero-order chi connectivity index (χ0) is 12.3. The normalized spacial score (nSPS) is 10.2. The first-order valence-electron chi connectivity index (χ1n) is 5.14. The number of aromatic nitrogens is 1. The molecule has 86 valence electrons. The Morgan fingerprint density at radius 3 is 2.59 bits per heavy atom. The van der Waals surface area contributed by atoms with E-state index in [0.29, 0.717) is 17.7 Å². The van der Waals surface area contributed by atoms with Gasteiger partial charge >= 0.3 is 0 Å². The van der Waals surface area contributed by atoms with Crippen LogP contribution in [0.1, 0.15) is 15.9 Å². The number of halogens is 1. The summed E-state index contributed by atoms with van der Waals surface area (Å²) in [5.41, 5.74) is 7.81. The van der Waals surface area contributed by atoms with Crippen LogP contribution in [0.3, 0.4) is 0 Å². The minimum Gasteiger partial charge on any atom is -0.398 e. The maximum atomic E-state index is 12.0. The average molecular weight is 291 g/mol. The summed E-state index contributed by atoms with van der Waals surface area (Å²) in [6.07, 6.45) is 3.69. The van der Waals surface area contributed by atoms with E-state index in [0.717, 1.165) is 10.0 Å². The summed E-state index contributed by atoms with van der Waals surface area (Å²) < 4.78 is 0.871. The van der Waals surface area contributed by atoms with E-state index < -0.39 is 0 Å². The lowest BCUT2D eigenvalue weighted by molar-refractivity contribution is 0.0994. The van der Waals surface area contributed by atoms with Crippen LogP contribution >= 0.6 is 15.9 Å². The number of nitrogens with zero attached hydrogens (tertiary/aromatic N) is 1. The van der Waals surface area contributed by atoms with Crippen molar-refractivity contribution in [1.82, 2.24) is 4.98 Å². The van der Waals surface area contributed by atoms with Crippen molar-refractivity contribution in [1.29, 1.82) is 0 Å². The number of Topliss-reactive ketones (excluding diaryl/α,β-unsaturated/α-hetero) is 1. The van der Waals surface area contributed by atoms with Crippen molar-refractivity contribution in [3.63, 3.8) is 0 Å². The Labute approximate surface area is 108 Å². The highest BCUT2D eigenvalue weighted by Crippen LogP contribution is 2.20. The number of nitrogen functional groups attached to an aromatic ring is 1. The van der Waals surface area contributed by atoms with Crippen LogP contribution in [-0.2, 0) is 6.42 Å². The Kier molecular flexibility index (Phi) is 3.54. The molecule has 0 bridgehead atoms. The monoisotopic (exact) mass is 290 g/mol. The standard InChI is InChI=1S/C13H11BrN2O/c14-10-1-2-11(12(15)8-10)13(17)7-9-3-5-16-6-4-9/h1-6,8H,7,15H2. The molecule has 1 aromatic heterocycles. The molecule has 0 radical (unpaired) electrons. The second-order valence-corrected chi connectivity index (χ2v) is 4.60. The van der Waals surface area contributed by atoms with Crippen LogP contribution in [0.4, 0.5) is 5.69 Å². The molecule has 17 heavy (non-hydrogen) atoms. The van der Waals surface area contributed by atoms with Crippen LogP contribution in [0.5, 0.6) is 0 Å². The van der Waals surface area contributed by atoms with Crippen LogP contribution in [-0.4, -0.2) is 10.8 Å². The minimum absolute atomic E-state index is 0.0150. The van der Waals surface area contributed by atoms with Crippen LogP contribution in [0.15, 0.2) is 47.2 Å². The molecule has 0 fully saturated rings. The molecule has 2 N–H and O–H groups in total. The Balaban J connectivity index is 2.21. The first kappa shape index (κ1) is 11.8. The smallest absolute Gasteiger partial charge is 0.169 e. The number of carbonyl (C=O) groups excluding carboxylic acids is 1. The molecule has 3 nitrogen and oxygen atoms in total. The van der Waals surface area contributed by atoms with E-state index in [9.17, 15) is 4.79 Å². The highest BCUT2D eigenvalue weighted by molar-refractivity contribution is 9.10. The fraction of sp³-hybridized carbons (Fsp3) is 0.0769. The van der Waals surface area contributed by atoms with Gasteiger partial charge in [-0.2, -0.15) is 0 Å². The number of pyridine rings is 1. The van der Waals surface area contributed by atoms with Gasteiger partial charge in [0.1, 0.15) is 0 Å². The molecule has 4 heteroatoms. The second kappa shape index (κ2) is 5.10. The van der Waals surface area contributed by atoms with Gasteiger partial charge in [-0.05, 0) is 35.9 Å². The third-order valence-electron chi connectivity index (χ3n) is 2.43. The third kappa shape index (κ3) is 2.91. The second-order valence-electron chi connectivity index (χ2n) is 3.69. The van der Waals surface area contributed by atoms with E-state index in [-0.39, 0.29) is 5.78 Å². The first-order chi connectivity index (χ1) is 8.16. The molecule has 0 spiro atoms. The molecule has 0 aliphatic rings. The lowest BCUT2D eigenvalue weighted by Gasteiger charge is -2.05. The Hall–Kier alpha value is -1.68. The number of rotatable bonds is 3. The van der Waals surface area contributed by atoms with Gasteiger partial charge in [0.25, 0.3) is 0 Å². The van der Waals surface area contributed by atoms with Gasteiger partial charge in [-0.25, -0.2) is 0 Å². The van der Waals surface area contributed by atoms with Crippen LogP contribution in [0.25, 0.3) is 0 Å². The topological polar surface area (TPSA) is 56.0 Å². The summed E-state index contributed by atoms with van der Waals surface area (Å²) in [5, 5.41) is 0. The van der Waals surface area contributed by atoms with Gasteiger partial charge in [-0.1, -0.05) is 15.9 Å². The van der Waals surface area contributed by atoms with E-state index in [1.165, 1.54) is 0 Å². The van der Waals surface area contributed by atoms with E-state index in [1.807, 2.05) is 18.2 Å². The summed E-state index contributed by atoms with van der Waals surface area (Å²) in [5.74, 6) is 0.0150. The van der Waals surface area contributed by atoms with Crippen molar-refractivity contribution in [2.45, 2.75) is 6.42 Å². The van der Waals surface area contributed by atoms with Crippen LogP contribution in [0, 0.1) is 0 Å². The SMILES string of the molecule is Nc1cc(Br)ccc1C(=O)Cc1ccncc1. The number of carbonyl (C=O) groups is 1. The van der Waals surface area contributed by atoms with Crippen molar-refractivity contribution in [3.05, 3.63) is 58.3 Å². The minimum atomic E-state index is 0.0150. The fourth-order valence-electron chi connectivity index (χ4n) is 1.57. The maximum absolute atomic E-state index is 12.0. The number of hydrogen-bond acceptors (Lipinski definition) is 3. The molecule has 1 heterocycles. The van der Waals surface area contributed by atoms with Gasteiger partial charge in [-0.15, -0.1) is 0 Å². The van der Waals surface area contributed by atoms with Crippen molar-refractivity contribution >= 4 is 27.4 Å². The molecule has 0 atom stereocenters. The van der Waals surface area contributed by atoms with Gasteiger partial charge in [0.15, 0.2) is 5.78 Å². The van der Waals surface area contributed by atoms with Gasteiger partial charge in [0, 0.05) is 34.5 Å². The quantitative estimate of drug-likeness (QED) is 0.699. The van der Waals surface area contributed by atoms with Crippen molar-refractivity contribution in [3.8, 4) is 0 Å². The first-order valence-corrected chi connectivity index (χ1v) is 5.93. The largest absolute Gasteiger partial charge is 0.398 e. The lowest BCUT2D eigenvalue weighted by atomic mass is 10.0. The zero-order valence-corrected chi connectivity index (χ0v) is 10.6. The Bertz CT molecular complexity index is 540. The predicted molar refractivity (Wildman–Crippen MR) is 70.8 cm³/mol. The van der Waals surface area contributed by atoms with E-state index in [4.69, 9.17) is 5.73 Å². The predicted octanol–water partition coefficient (Wildman–Crippen LogP) is 2.85. The van der Waals surface area contributed by atoms with Gasteiger partial charge in [0.05, 0.1) is 0 Å². The summed E-state index contributed by atoms with van der Waals surface area (Å²) in [6.45, 7) is 0. The van der Waals surface area contributed by atoms with E-state index in [1.54, 1.807) is 24.5 Å². The molecule has 0 aliphatic carbocycles. The summed E-state index contributed by atoms with van der Waals surface area (Å²) in [4.78, 5) is 15.9. The lowest BCUT2D eigenvalue weighted by Crippen LogP contribution is -2.07. The summed E-state index contributed by atoms with van der Waals surface area (Å²) >= 11 is 3.31. The molecule has 2 aromatic rings. The molecule has 0 amide bonds. The van der Waals surface area contributed by atoms with Crippen molar-refractivity contribution in [2.75, 3.05) is 5.73 Å². The molecular weight excluding hydrogens is 280 g/mol. The van der Waals surface area contributed by atoms with Gasteiger partial charge < -0.3 is 5.73 Å². The molecule has 0 unspecified atom stereocenters. The van der Waals surface area contributed by atoms with E-state index >= 15 is 0 Å². The number of benzene rings is 1. The molecule has 0 aliphatic heterocycles. The maximum Gasteiger partial charge on any atom is 0.169 e. The van der Waals surface area contributed by atoms with Gasteiger partial charge in [0.2, 0.25) is 0 Å². The summed E-state index contributed by atoms with van der Waals surface area (Å²) in [7, 11) is 0. The van der Waals surface area contributed by atoms with Crippen LogP contribution in [0.2, 0.25) is 0 Å². The average Bonchev–Trinajstić information content (AvgIpc) is 2.30. The number of nitrogens with two attached hydrogens (primary N) is 1. The Morgan fingerprint density at radius 2 is 1.94 bits per heavy atom. The number of hydrogen-bond donors (Lipinski definition) is 1. The molecule has 2 rings (SSSR count). The molecule has 0 saturated heterocycles. The third-order valence-corrected chi connectivity index (χ3v) is 2.92. The fourth-order valence-corrected chi connectivity index (χ4v) is 1.95. The van der Waals surface area contributed by atoms with Gasteiger partial charge in [-0.3, -0.25) is 9.78 Å². The highest BCUT2D eigenvalue weighted by atomic mass is 79.9. The van der Waals surface area contributed by atoms with E-state index in [2.05, 4.69) is 20.9 Å². The number of anilines is 1. The molecular formula is C13H11BrN2O. The Morgan fingerprint density at radius 1 is 1.24 bits per heavy atom. The zero-order valence-electron chi connectivity index (χ0n) is 9.06. The number of ketones is 1. The molecule has 1 aromatic carbocycles. The highest BCUT2D eigenvalue weighted by Gasteiger charge is 2.10. The molecule has 0 saturated carbocycles. The van der Waals surface area contributed by atoms with Crippen molar-refractivity contribution in [2.24, 2.45) is 0 Å². The van der Waals surface area contributed by atoms with Crippen molar-refractivity contribution < 1.29 is 4.79 Å².